The molecule has 1 aromatic rings. The first-order valence-corrected chi connectivity index (χ1v) is 10.0. The molecule has 10 heteroatoms. The zero-order valence-electron chi connectivity index (χ0n) is 15.0. The number of likely N-dealkylation sites (N-methyl/N-ethyl adjacent to an activating group) is 1. The molecule has 1 aromatic carbocycles. The van der Waals surface area contributed by atoms with E-state index < -0.39 is 34.5 Å². The number of hydrogen-bond acceptors (Lipinski definition) is 6. The number of carbonyl (C=O) groups is 3. The van der Waals surface area contributed by atoms with Gasteiger partial charge in [-0.3, -0.25) is 14.4 Å². The zero-order chi connectivity index (χ0) is 19.9. The van der Waals surface area contributed by atoms with Crippen LogP contribution in [0.3, 0.4) is 0 Å². The van der Waals surface area contributed by atoms with Crippen LogP contribution in [0.15, 0.2) is 35.2 Å². The van der Waals surface area contributed by atoms with Gasteiger partial charge in [-0.25, -0.2) is 8.42 Å². The molecule has 2 N–H and O–H groups in total. The van der Waals surface area contributed by atoms with Crippen molar-refractivity contribution >= 4 is 27.8 Å². The minimum absolute atomic E-state index is 0.105. The molecule has 1 aliphatic rings. The molecule has 0 spiro atoms. The molecule has 148 valence electrons. The van der Waals surface area contributed by atoms with Gasteiger partial charge in [0.2, 0.25) is 15.9 Å². The maximum Gasteiger partial charge on any atom is 0.324 e. The highest BCUT2D eigenvalue weighted by atomic mass is 32.2. The van der Waals surface area contributed by atoms with E-state index in [4.69, 9.17) is 4.74 Å². The average Bonchev–Trinajstić information content (AvgIpc) is 2.70. The van der Waals surface area contributed by atoms with Crippen molar-refractivity contribution in [3.05, 3.63) is 30.3 Å². The average molecular weight is 397 g/mol. The molecule has 1 saturated heterocycles. The van der Waals surface area contributed by atoms with E-state index >= 15 is 0 Å². The first-order valence-electron chi connectivity index (χ1n) is 8.57. The molecule has 0 aliphatic carbocycles. The van der Waals surface area contributed by atoms with E-state index in [9.17, 15) is 22.8 Å². The summed E-state index contributed by atoms with van der Waals surface area (Å²) < 4.78 is 31.8. The normalized spacial score (nSPS) is 17.7. The number of carbonyl (C=O) groups excluding carboxylic acids is 3. The summed E-state index contributed by atoms with van der Waals surface area (Å²) in [7, 11) is -2.41. The lowest BCUT2D eigenvalue weighted by Crippen LogP contribution is -2.49. The Morgan fingerprint density at radius 2 is 1.85 bits per heavy atom. The van der Waals surface area contributed by atoms with E-state index in [1.54, 1.807) is 18.2 Å². The third-order valence-corrected chi connectivity index (χ3v) is 6.07. The summed E-state index contributed by atoms with van der Waals surface area (Å²) in [5.74, 6) is -1.80. The van der Waals surface area contributed by atoms with Crippen molar-refractivity contribution < 1.29 is 27.5 Å². The SMILES string of the molecule is CNC(=O)CNC(=O)COC(=O)[C@H]1CCCCN1S(=O)(=O)c1ccccc1. The smallest absolute Gasteiger partial charge is 0.324 e. The van der Waals surface area contributed by atoms with Gasteiger partial charge in [-0.05, 0) is 31.4 Å². The zero-order valence-corrected chi connectivity index (χ0v) is 15.8. The van der Waals surface area contributed by atoms with Gasteiger partial charge in [0.25, 0.3) is 5.91 Å². The van der Waals surface area contributed by atoms with Crippen LogP contribution in [0.2, 0.25) is 0 Å². The topological polar surface area (TPSA) is 122 Å². The van der Waals surface area contributed by atoms with E-state index in [1.165, 1.54) is 19.2 Å². The summed E-state index contributed by atoms with van der Waals surface area (Å²) >= 11 is 0. The minimum Gasteiger partial charge on any atom is -0.454 e. The van der Waals surface area contributed by atoms with Crippen LogP contribution in [-0.2, 0) is 29.1 Å². The van der Waals surface area contributed by atoms with Crippen molar-refractivity contribution in [2.75, 3.05) is 26.7 Å². The number of ether oxygens (including phenoxy) is 1. The first kappa shape index (κ1) is 20.8. The van der Waals surface area contributed by atoms with E-state index in [2.05, 4.69) is 10.6 Å². The summed E-state index contributed by atoms with van der Waals surface area (Å²) in [6.45, 7) is -0.601. The molecule has 0 bridgehead atoms. The number of sulfonamides is 1. The number of rotatable bonds is 7. The molecule has 1 fully saturated rings. The van der Waals surface area contributed by atoms with Crippen molar-refractivity contribution in [2.24, 2.45) is 0 Å². The van der Waals surface area contributed by atoms with Gasteiger partial charge in [0.05, 0.1) is 11.4 Å². The largest absolute Gasteiger partial charge is 0.454 e. The predicted molar refractivity (Wildman–Crippen MR) is 96.0 cm³/mol. The maximum absolute atomic E-state index is 12.8. The second-order valence-corrected chi connectivity index (χ2v) is 7.89. The molecule has 2 amide bonds. The van der Waals surface area contributed by atoms with Crippen molar-refractivity contribution in [3.63, 3.8) is 0 Å². The quantitative estimate of drug-likeness (QED) is 0.606. The van der Waals surface area contributed by atoms with Crippen LogP contribution in [0.1, 0.15) is 19.3 Å². The van der Waals surface area contributed by atoms with Crippen LogP contribution in [-0.4, -0.2) is 63.3 Å². The van der Waals surface area contributed by atoms with Crippen LogP contribution in [0.4, 0.5) is 0 Å². The number of hydrogen-bond donors (Lipinski definition) is 2. The van der Waals surface area contributed by atoms with Crippen molar-refractivity contribution in [1.29, 1.82) is 0 Å². The predicted octanol–water partition coefficient (Wildman–Crippen LogP) is -0.365. The van der Waals surface area contributed by atoms with Crippen LogP contribution >= 0.6 is 0 Å². The van der Waals surface area contributed by atoms with Crippen molar-refractivity contribution in [2.45, 2.75) is 30.2 Å². The third kappa shape index (κ3) is 5.51. The molecule has 27 heavy (non-hydrogen) atoms. The number of nitrogens with one attached hydrogen (secondary N) is 2. The number of amides is 2. The van der Waals surface area contributed by atoms with E-state index in [1.807, 2.05) is 0 Å². The van der Waals surface area contributed by atoms with Gasteiger partial charge in [0, 0.05) is 13.6 Å². The van der Waals surface area contributed by atoms with Gasteiger partial charge in [-0.2, -0.15) is 4.31 Å². The van der Waals surface area contributed by atoms with Gasteiger partial charge in [-0.1, -0.05) is 18.2 Å². The van der Waals surface area contributed by atoms with Gasteiger partial charge >= 0.3 is 5.97 Å². The first-order chi connectivity index (χ1) is 12.9. The Kier molecular flexibility index (Phi) is 7.31. The highest BCUT2D eigenvalue weighted by Gasteiger charge is 2.38. The van der Waals surface area contributed by atoms with Gasteiger partial charge in [0.15, 0.2) is 6.61 Å². The molecule has 9 nitrogen and oxygen atoms in total. The Morgan fingerprint density at radius 3 is 2.52 bits per heavy atom. The molecule has 2 rings (SSSR count). The molecule has 0 unspecified atom stereocenters. The molecule has 1 atom stereocenters. The lowest BCUT2D eigenvalue weighted by Gasteiger charge is -2.32. The molecular formula is C17H23N3O6S. The molecule has 0 radical (unpaired) electrons. The van der Waals surface area contributed by atoms with Crippen molar-refractivity contribution in [1.82, 2.24) is 14.9 Å². The Balaban J connectivity index is 2.01. The van der Waals surface area contributed by atoms with E-state index in [-0.39, 0.29) is 23.9 Å². The lowest BCUT2D eigenvalue weighted by atomic mass is 10.1. The fourth-order valence-electron chi connectivity index (χ4n) is 2.71. The monoisotopic (exact) mass is 397 g/mol. The van der Waals surface area contributed by atoms with Crippen LogP contribution in [0, 0.1) is 0 Å². The molecule has 1 aliphatic heterocycles. The Morgan fingerprint density at radius 1 is 1.15 bits per heavy atom. The number of benzene rings is 1. The van der Waals surface area contributed by atoms with Crippen LogP contribution < -0.4 is 10.6 Å². The summed E-state index contributed by atoms with van der Waals surface area (Å²) in [6.07, 6.45) is 1.65. The Hall–Kier alpha value is -2.46. The lowest BCUT2D eigenvalue weighted by molar-refractivity contribution is -0.153. The fourth-order valence-corrected chi connectivity index (χ4v) is 4.38. The second kappa shape index (κ2) is 9.47. The number of piperidine rings is 1. The maximum atomic E-state index is 12.8. The number of nitrogens with zero attached hydrogens (tertiary/aromatic N) is 1. The van der Waals surface area contributed by atoms with Gasteiger partial charge in [-0.15, -0.1) is 0 Å². The third-order valence-electron chi connectivity index (χ3n) is 4.15. The molecular weight excluding hydrogens is 374 g/mol. The van der Waals surface area contributed by atoms with Crippen molar-refractivity contribution in [3.8, 4) is 0 Å². The standard InChI is InChI=1S/C17H23N3O6S/c1-18-15(21)11-19-16(22)12-26-17(23)14-9-5-6-10-20(14)27(24,25)13-7-3-2-4-8-13/h2-4,7-8,14H,5-6,9-12H2,1H3,(H,18,21)(H,19,22)/t14-/m1/s1. The summed E-state index contributed by atoms with van der Waals surface area (Å²) in [5.41, 5.74) is 0. The Labute approximate surface area is 158 Å². The fraction of sp³-hybridized carbons (Fsp3) is 0.471. The summed E-state index contributed by atoms with van der Waals surface area (Å²) in [4.78, 5) is 35.2. The van der Waals surface area contributed by atoms with Gasteiger partial charge in [0.1, 0.15) is 6.04 Å². The van der Waals surface area contributed by atoms with Gasteiger partial charge < -0.3 is 15.4 Å². The second-order valence-electron chi connectivity index (χ2n) is 6.00. The molecule has 1 heterocycles. The Bertz CT molecular complexity index is 781. The highest BCUT2D eigenvalue weighted by Crippen LogP contribution is 2.26. The van der Waals surface area contributed by atoms with E-state index in [0.717, 1.165) is 4.31 Å². The van der Waals surface area contributed by atoms with Crippen LogP contribution in [0.5, 0.6) is 0 Å². The minimum atomic E-state index is -3.84. The summed E-state index contributed by atoms with van der Waals surface area (Å²) in [6, 6.07) is 6.90. The van der Waals surface area contributed by atoms with Crippen LogP contribution in [0.25, 0.3) is 0 Å². The van der Waals surface area contributed by atoms with E-state index in [0.29, 0.717) is 19.3 Å². The highest BCUT2D eigenvalue weighted by molar-refractivity contribution is 7.89. The number of esters is 1. The molecule has 0 aromatic heterocycles. The summed E-state index contributed by atoms with van der Waals surface area (Å²) in [5, 5.41) is 4.64. The molecule has 0 saturated carbocycles.